The maximum atomic E-state index is 2.15. The van der Waals surface area contributed by atoms with Gasteiger partial charge in [0.15, 0.2) is 0 Å². The smallest absolute Gasteiger partial charge is 0.0664 e. The summed E-state index contributed by atoms with van der Waals surface area (Å²) < 4.78 is 0. The van der Waals surface area contributed by atoms with E-state index in [-0.39, 0.29) is 0 Å². The van der Waals surface area contributed by atoms with Gasteiger partial charge in [-0.05, 0) is 6.92 Å². The SMILES string of the molecule is C/C=C\[Si]C. The molecule has 0 N–H and O–H groups in total. The Balaban J connectivity index is 2.62. The summed E-state index contributed by atoms with van der Waals surface area (Å²) in [6, 6.07) is 0. The number of hydrogen-bond acceptors (Lipinski definition) is 0. The fourth-order valence-corrected chi connectivity index (χ4v) is 0.500. The second kappa shape index (κ2) is 3.96. The molecule has 0 fully saturated rings. The Morgan fingerprint density at radius 3 is 2.20 bits per heavy atom. The molecule has 0 unspecified atom stereocenters. The molecular weight excluding hydrogens is 76.1 g/mol. The number of allylic oxidation sites excluding steroid dienone is 1. The van der Waals surface area contributed by atoms with Crippen LogP contribution in [0.3, 0.4) is 0 Å². The van der Waals surface area contributed by atoms with Crippen LogP contribution in [0.5, 0.6) is 0 Å². The third-order valence-corrected chi connectivity index (χ3v) is 1.00. The molecule has 0 atom stereocenters. The molecule has 0 bridgehead atoms. The topological polar surface area (TPSA) is 0 Å². The van der Waals surface area contributed by atoms with Crippen molar-refractivity contribution in [1.82, 2.24) is 0 Å². The Bertz CT molecular complexity index is 30.6. The van der Waals surface area contributed by atoms with Gasteiger partial charge in [0.05, 0.1) is 9.52 Å². The first kappa shape index (κ1) is 4.96. The van der Waals surface area contributed by atoms with Gasteiger partial charge in [0.1, 0.15) is 0 Å². The molecular formula is C4H8Si. The van der Waals surface area contributed by atoms with E-state index in [2.05, 4.69) is 18.3 Å². The minimum absolute atomic E-state index is 0.977. The fourth-order valence-electron chi connectivity index (χ4n) is 0.167. The molecule has 2 radical (unpaired) electrons. The zero-order chi connectivity index (χ0) is 4.12. The second-order valence-electron chi connectivity index (χ2n) is 0.789. The Kier molecular flexibility index (Phi) is 3.92. The van der Waals surface area contributed by atoms with Crippen LogP contribution in [-0.4, -0.2) is 9.52 Å². The van der Waals surface area contributed by atoms with Crippen molar-refractivity contribution in [2.75, 3.05) is 0 Å². The van der Waals surface area contributed by atoms with E-state index in [1.807, 2.05) is 6.92 Å². The van der Waals surface area contributed by atoms with Crippen LogP contribution >= 0.6 is 0 Å². The molecule has 0 amide bonds. The van der Waals surface area contributed by atoms with Crippen LogP contribution in [0.4, 0.5) is 0 Å². The summed E-state index contributed by atoms with van der Waals surface area (Å²) in [5, 5.41) is 0. The highest BCUT2D eigenvalue weighted by Crippen LogP contribution is 1.60. The first-order valence-electron chi connectivity index (χ1n) is 1.70. The van der Waals surface area contributed by atoms with Gasteiger partial charge < -0.3 is 0 Å². The second-order valence-corrected chi connectivity index (χ2v) is 1.70. The minimum Gasteiger partial charge on any atom is -0.103 e. The number of hydrogen-bond donors (Lipinski definition) is 0. The van der Waals surface area contributed by atoms with Crippen LogP contribution in [0.15, 0.2) is 11.8 Å². The normalized spacial score (nSPS) is 10.0. The van der Waals surface area contributed by atoms with Crippen molar-refractivity contribution >= 4 is 9.52 Å². The van der Waals surface area contributed by atoms with Crippen LogP contribution in [0.1, 0.15) is 6.92 Å². The van der Waals surface area contributed by atoms with E-state index in [9.17, 15) is 0 Å². The zero-order valence-electron chi connectivity index (χ0n) is 3.65. The van der Waals surface area contributed by atoms with Crippen LogP contribution < -0.4 is 0 Å². The maximum Gasteiger partial charge on any atom is 0.0664 e. The van der Waals surface area contributed by atoms with E-state index in [1.165, 1.54) is 0 Å². The lowest BCUT2D eigenvalue weighted by atomic mass is 10.8. The predicted molar refractivity (Wildman–Crippen MR) is 26.4 cm³/mol. The highest BCUT2D eigenvalue weighted by atomic mass is 28.2. The summed E-state index contributed by atoms with van der Waals surface area (Å²) in [5.41, 5.74) is 2.15. The summed E-state index contributed by atoms with van der Waals surface area (Å²) in [7, 11) is 0.977. The summed E-state index contributed by atoms with van der Waals surface area (Å²) in [6.07, 6.45) is 2.07. The van der Waals surface area contributed by atoms with Crippen LogP contribution in [0.2, 0.25) is 6.55 Å². The molecule has 0 aliphatic heterocycles. The molecule has 0 saturated carbocycles. The van der Waals surface area contributed by atoms with Gasteiger partial charge in [0.2, 0.25) is 0 Å². The summed E-state index contributed by atoms with van der Waals surface area (Å²) in [5.74, 6) is 0. The van der Waals surface area contributed by atoms with E-state index in [1.54, 1.807) is 0 Å². The molecule has 0 spiro atoms. The van der Waals surface area contributed by atoms with E-state index < -0.39 is 0 Å². The zero-order valence-corrected chi connectivity index (χ0v) is 4.65. The maximum absolute atomic E-state index is 2.15. The molecule has 0 aromatic heterocycles. The lowest BCUT2D eigenvalue weighted by Crippen LogP contribution is -1.64. The lowest BCUT2D eigenvalue weighted by molar-refractivity contribution is 1.78. The first-order chi connectivity index (χ1) is 2.41. The van der Waals surface area contributed by atoms with Crippen molar-refractivity contribution in [1.29, 1.82) is 0 Å². The van der Waals surface area contributed by atoms with Gasteiger partial charge in [-0.15, -0.1) is 5.70 Å². The van der Waals surface area contributed by atoms with E-state index in [0.29, 0.717) is 0 Å². The summed E-state index contributed by atoms with van der Waals surface area (Å²) in [4.78, 5) is 0. The average molecular weight is 84.2 g/mol. The quantitative estimate of drug-likeness (QED) is 0.420. The third-order valence-electron chi connectivity index (χ3n) is 0.333. The molecule has 0 nitrogen and oxygen atoms in total. The molecule has 0 aromatic carbocycles. The Morgan fingerprint density at radius 1 is 1.60 bits per heavy atom. The largest absolute Gasteiger partial charge is 0.103 e. The highest BCUT2D eigenvalue weighted by Gasteiger charge is 1.55. The predicted octanol–water partition coefficient (Wildman–Crippen LogP) is 1.27. The molecule has 0 aliphatic carbocycles. The standard InChI is InChI=1S/C4H8Si/c1-3-4-5-2/h3-4H,1-2H3/b4-3-. The molecule has 0 aliphatic rings. The lowest BCUT2D eigenvalue weighted by Gasteiger charge is -1.62. The molecule has 0 rings (SSSR count). The van der Waals surface area contributed by atoms with Crippen molar-refractivity contribution in [3.63, 3.8) is 0 Å². The van der Waals surface area contributed by atoms with Gasteiger partial charge in [0.25, 0.3) is 0 Å². The summed E-state index contributed by atoms with van der Waals surface area (Å²) >= 11 is 0. The highest BCUT2D eigenvalue weighted by molar-refractivity contribution is 6.40. The monoisotopic (exact) mass is 84.0 g/mol. The van der Waals surface area contributed by atoms with E-state index in [0.717, 1.165) is 9.52 Å². The van der Waals surface area contributed by atoms with Gasteiger partial charge in [-0.25, -0.2) is 0 Å². The van der Waals surface area contributed by atoms with Crippen LogP contribution in [-0.2, 0) is 0 Å². The number of rotatable bonds is 1. The van der Waals surface area contributed by atoms with Gasteiger partial charge in [-0.3, -0.25) is 0 Å². The minimum atomic E-state index is 0.977. The van der Waals surface area contributed by atoms with E-state index >= 15 is 0 Å². The van der Waals surface area contributed by atoms with Gasteiger partial charge >= 0.3 is 0 Å². The molecule has 28 valence electrons. The van der Waals surface area contributed by atoms with Crippen molar-refractivity contribution in [3.8, 4) is 0 Å². The summed E-state index contributed by atoms with van der Waals surface area (Å²) in [6.45, 7) is 4.19. The fraction of sp³-hybridized carbons (Fsp3) is 0.500. The van der Waals surface area contributed by atoms with Crippen LogP contribution in [0.25, 0.3) is 0 Å². The van der Waals surface area contributed by atoms with Gasteiger partial charge in [0, 0.05) is 0 Å². The van der Waals surface area contributed by atoms with E-state index in [4.69, 9.17) is 0 Å². The average Bonchev–Trinajstić information content (AvgIpc) is 1.41. The van der Waals surface area contributed by atoms with Gasteiger partial charge in [-0.1, -0.05) is 12.6 Å². The van der Waals surface area contributed by atoms with Crippen molar-refractivity contribution in [2.24, 2.45) is 0 Å². The van der Waals surface area contributed by atoms with Crippen molar-refractivity contribution in [2.45, 2.75) is 13.5 Å². The van der Waals surface area contributed by atoms with Crippen molar-refractivity contribution in [3.05, 3.63) is 11.8 Å². The van der Waals surface area contributed by atoms with Gasteiger partial charge in [-0.2, -0.15) is 0 Å². The first-order valence-corrected chi connectivity index (χ1v) is 3.28. The Labute approximate surface area is 35.7 Å². The molecule has 0 aromatic rings. The van der Waals surface area contributed by atoms with Crippen molar-refractivity contribution < 1.29 is 0 Å². The molecule has 0 heterocycles. The third kappa shape index (κ3) is 3.96. The molecule has 0 saturated heterocycles. The molecule has 5 heavy (non-hydrogen) atoms. The molecule has 1 heteroatoms. The Morgan fingerprint density at radius 2 is 2.20 bits per heavy atom. The Hall–Kier alpha value is -0.0431. The van der Waals surface area contributed by atoms with Crippen LogP contribution in [0, 0.1) is 0 Å².